The molecule has 1 aliphatic rings. The van der Waals surface area contributed by atoms with Gasteiger partial charge in [-0.15, -0.1) is 0 Å². The van der Waals surface area contributed by atoms with Crippen molar-refractivity contribution < 1.29 is 0 Å². The lowest BCUT2D eigenvalue weighted by atomic mass is 9.76. The highest BCUT2D eigenvalue weighted by molar-refractivity contribution is 6.15. The highest BCUT2D eigenvalue weighted by Gasteiger charge is 2.63. The third-order valence-electron chi connectivity index (χ3n) is 8.00. The molecule has 0 aromatic rings. The average Bonchev–Trinajstić information content (AvgIpc) is 3.19. The van der Waals surface area contributed by atoms with Crippen molar-refractivity contribution in [3.8, 4) is 0 Å². The molecule has 1 rings (SSSR count). The van der Waals surface area contributed by atoms with Crippen molar-refractivity contribution in [3.63, 3.8) is 0 Å². The second-order valence-corrected chi connectivity index (χ2v) is 9.72. The molecule has 2 unspecified atom stereocenters. The Kier molecular flexibility index (Phi) is 8.41. The van der Waals surface area contributed by atoms with Crippen LogP contribution in [0.4, 0.5) is 0 Å². The average molecular weight is 332 g/mol. The van der Waals surface area contributed by atoms with Gasteiger partial charge in [-0.1, -0.05) is 112 Å². The van der Waals surface area contributed by atoms with Crippen molar-refractivity contribution in [2.75, 3.05) is 0 Å². The molecule has 1 saturated carbocycles. The molecule has 0 saturated heterocycles. The Morgan fingerprint density at radius 1 is 0.750 bits per heavy atom. The SMILES string of the molecule is [B]C1C(C(C)(C)CCCCCCCC(C)(CC)CC)C1(CC)CC. The molecule has 0 aromatic carbocycles. The van der Waals surface area contributed by atoms with E-state index in [-0.39, 0.29) is 0 Å². The number of hydrogen-bond donors (Lipinski definition) is 0. The van der Waals surface area contributed by atoms with E-state index in [9.17, 15) is 0 Å². The molecule has 0 aliphatic heterocycles. The Morgan fingerprint density at radius 3 is 1.62 bits per heavy atom. The first-order valence-corrected chi connectivity index (χ1v) is 11.0. The Hall–Kier alpha value is 0.0649. The Balaban J connectivity index is 2.21. The van der Waals surface area contributed by atoms with Crippen LogP contribution in [0.3, 0.4) is 0 Å². The first-order chi connectivity index (χ1) is 11.2. The standard InChI is InChI=1S/C23H45B/c1-8-22(7,9-2)18-16-14-12-13-15-17-21(5,6)19-20(24)23(19,10-3)11-4/h19-20H,8-18H2,1-7H3. The van der Waals surface area contributed by atoms with Gasteiger partial charge in [0, 0.05) is 0 Å². The highest BCUT2D eigenvalue weighted by atomic mass is 14.7. The van der Waals surface area contributed by atoms with Crippen molar-refractivity contribution in [3.05, 3.63) is 0 Å². The van der Waals surface area contributed by atoms with E-state index in [1.54, 1.807) is 0 Å². The van der Waals surface area contributed by atoms with Gasteiger partial charge in [0.2, 0.25) is 0 Å². The van der Waals surface area contributed by atoms with Gasteiger partial charge in [-0.2, -0.15) is 0 Å². The molecule has 0 aromatic heterocycles. The topological polar surface area (TPSA) is 0 Å². The second-order valence-electron chi connectivity index (χ2n) is 9.72. The molecular weight excluding hydrogens is 287 g/mol. The van der Waals surface area contributed by atoms with E-state index in [0.29, 0.717) is 22.1 Å². The lowest BCUT2D eigenvalue weighted by Gasteiger charge is -2.29. The van der Waals surface area contributed by atoms with Crippen molar-refractivity contribution in [2.45, 2.75) is 125 Å². The van der Waals surface area contributed by atoms with E-state index in [1.165, 1.54) is 70.6 Å². The van der Waals surface area contributed by atoms with E-state index >= 15 is 0 Å². The van der Waals surface area contributed by atoms with Crippen molar-refractivity contribution >= 4 is 7.85 Å². The zero-order valence-electron chi connectivity index (χ0n) is 18.0. The molecule has 0 nitrogen and oxygen atoms in total. The van der Waals surface area contributed by atoms with E-state index in [4.69, 9.17) is 7.85 Å². The second kappa shape index (κ2) is 9.13. The van der Waals surface area contributed by atoms with E-state index < -0.39 is 0 Å². The fourth-order valence-electron chi connectivity index (χ4n) is 5.37. The van der Waals surface area contributed by atoms with Gasteiger partial charge in [-0.05, 0) is 35.0 Å². The third kappa shape index (κ3) is 5.04. The molecule has 2 atom stereocenters. The van der Waals surface area contributed by atoms with E-state index in [0.717, 1.165) is 5.92 Å². The van der Waals surface area contributed by atoms with Gasteiger partial charge >= 0.3 is 0 Å². The maximum Gasteiger partial charge on any atom is 0.0711 e. The normalized spacial score (nSPS) is 23.5. The lowest BCUT2D eigenvalue weighted by Crippen LogP contribution is -2.19. The van der Waals surface area contributed by atoms with Crippen LogP contribution < -0.4 is 0 Å². The maximum absolute atomic E-state index is 6.49. The van der Waals surface area contributed by atoms with Crippen LogP contribution in [0.1, 0.15) is 119 Å². The number of hydrogen-bond acceptors (Lipinski definition) is 0. The summed E-state index contributed by atoms with van der Waals surface area (Å²) < 4.78 is 0. The smallest absolute Gasteiger partial charge is 0.0678 e. The summed E-state index contributed by atoms with van der Waals surface area (Å²) in [6.45, 7) is 16.8. The Morgan fingerprint density at radius 2 is 1.21 bits per heavy atom. The molecule has 1 fully saturated rings. The molecule has 140 valence electrons. The number of rotatable bonds is 13. The molecule has 0 bridgehead atoms. The van der Waals surface area contributed by atoms with Gasteiger partial charge in [0.25, 0.3) is 0 Å². The first-order valence-electron chi connectivity index (χ1n) is 11.0. The van der Waals surface area contributed by atoms with Crippen LogP contribution in [0, 0.1) is 22.2 Å². The van der Waals surface area contributed by atoms with E-state index in [2.05, 4.69) is 48.5 Å². The van der Waals surface area contributed by atoms with Crippen molar-refractivity contribution in [1.82, 2.24) is 0 Å². The highest BCUT2D eigenvalue weighted by Crippen LogP contribution is 2.73. The molecule has 1 heteroatoms. The maximum atomic E-state index is 6.49. The molecule has 2 radical (unpaired) electrons. The molecular formula is C23H45B. The Bertz CT molecular complexity index is 349. The van der Waals surface area contributed by atoms with Gasteiger partial charge in [0.15, 0.2) is 0 Å². The minimum Gasteiger partial charge on any atom is -0.0678 e. The van der Waals surface area contributed by atoms with Crippen molar-refractivity contribution in [2.24, 2.45) is 22.2 Å². The largest absolute Gasteiger partial charge is 0.0711 e. The minimum absolute atomic E-state index is 0.425. The van der Waals surface area contributed by atoms with E-state index in [1.807, 2.05) is 0 Å². The third-order valence-corrected chi connectivity index (χ3v) is 8.00. The first kappa shape index (κ1) is 22.1. The zero-order valence-corrected chi connectivity index (χ0v) is 18.0. The van der Waals surface area contributed by atoms with Crippen molar-refractivity contribution in [1.29, 1.82) is 0 Å². The quantitative estimate of drug-likeness (QED) is 0.237. The zero-order chi connectivity index (χ0) is 18.4. The summed E-state index contributed by atoms with van der Waals surface area (Å²) in [5.74, 6) is 1.19. The predicted octanol–water partition coefficient (Wildman–Crippen LogP) is 7.96. The molecule has 0 N–H and O–H groups in total. The minimum atomic E-state index is 0.425. The van der Waals surface area contributed by atoms with Crippen LogP contribution >= 0.6 is 0 Å². The van der Waals surface area contributed by atoms with Crippen LogP contribution in [-0.4, -0.2) is 7.85 Å². The number of unbranched alkanes of at least 4 members (excludes halogenated alkanes) is 4. The summed E-state index contributed by atoms with van der Waals surface area (Å²) in [6.07, 6.45) is 15.0. The predicted molar refractivity (Wildman–Crippen MR) is 111 cm³/mol. The lowest BCUT2D eigenvalue weighted by molar-refractivity contribution is 0.217. The van der Waals surface area contributed by atoms with Gasteiger partial charge < -0.3 is 0 Å². The Labute approximate surface area is 155 Å². The van der Waals surface area contributed by atoms with Crippen LogP contribution in [0.2, 0.25) is 5.82 Å². The molecule has 0 amide bonds. The fourth-order valence-corrected chi connectivity index (χ4v) is 5.37. The molecule has 24 heavy (non-hydrogen) atoms. The van der Waals surface area contributed by atoms with Crippen LogP contribution in [-0.2, 0) is 0 Å². The van der Waals surface area contributed by atoms with Gasteiger partial charge in [0.1, 0.15) is 0 Å². The van der Waals surface area contributed by atoms with Gasteiger partial charge in [0.05, 0.1) is 7.85 Å². The molecule has 1 aliphatic carbocycles. The summed E-state index contributed by atoms with van der Waals surface area (Å²) in [5.41, 5.74) is 1.47. The van der Waals surface area contributed by atoms with Crippen LogP contribution in [0.5, 0.6) is 0 Å². The summed E-state index contributed by atoms with van der Waals surface area (Å²) in [5, 5.41) is 0. The monoisotopic (exact) mass is 332 g/mol. The summed E-state index contributed by atoms with van der Waals surface area (Å²) in [7, 11) is 6.49. The van der Waals surface area contributed by atoms with Gasteiger partial charge in [-0.3, -0.25) is 0 Å². The molecule has 0 spiro atoms. The summed E-state index contributed by atoms with van der Waals surface area (Å²) in [6, 6.07) is 0. The summed E-state index contributed by atoms with van der Waals surface area (Å²) >= 11 is 0. The molecule has 0 heterocycles. The van der Waals surface area contributed by atoms with Gasteiger partial charge in [-0.25, -0.2) is 0 Å². The fraction of sp³-hybridized carbons (Fsp3) is 1.00. The van der Waals surface area contributed by atoms with Crippen LogP contribution in [0.25, 0.3) is 0 Å². The van der Waals surface area contributed by atoms with Crippen LogP contribution in [0.15, 0.2) is 0 Å². The summed E-state index contributed by atoms with van der Waals surface area (Å²) in [4.78, 5) is 0.